The van der Waals surface area contributed by atoms with Crippen LogP contribution in [0.15, 0.2) is 76.1 Å². The van der Waals surface area contributed by atoms with Gasteiger partial charge in [0.05, 0.1) is 4.91 Å². The summed E-state index contributed by atoms with van der Waals surface area (Å²) < 4.78 is 5.78. The van der Waals surface area contributed by atoms with E-state index in [0.29, 0.717) is 10.8 Å². The molecule has 6 heteroatoms. The number of hydrogen-bond acceptors (Lipinski definition) is 5. The van der Waals surface area contributed by atoms with Gasteiger partial charge in [0, 0.05) is 5.56 Å². The Morgan fingerprint density at radius 3 is 2.30 bits per heavy atom. The van der Waals surface area contributed by atoms with Gasteiger partial charge in [-0.3, -0.25) is 14.9 Å². The normalized spacial score (nSPS) is 15.6. The highest BCUT2D eigenvalue weighted by atomic mass is 32.2. The Balaban J connectivity index is 1.43. The van der Waals surface area contributed by atoms with Crippen LogP contribution in [-0.2, 0) is 4.79 Å². The van der Waals surface area contributed by atoms with Crippen LogP contribution in [0, 0.1) is 6.92 Å². The second kappa shape index (κ2) is 8.80. The molecule has 2 aromatic carbocycles. The van der Waals surface area contributed by atoms with E-state index in [9.17, 15) is 9.59 Å². The van der Waals surface area contributed by atoms with Gasteiger partial charge in [-0.1, -0.05) is 60.7 Å². The van der Waals surface area contributed by atoms with Gasteiger partial charge in [0.25, 0.3) is 11.1 Å². The zero-order valence-electron chi connectivity index (χ0n) is 16.2. The first-order valence-electron chi connectivity index (χ1n) is 9.31. The molecule has 1 fully saturated rings. The number of nitrogens with zero attached hydrogens (tertiary/aromatic N) is 1. The van der Waals surface area contributed by atoms with Crippen LogP contribution in [0.25, 0.3) is 29.7 Å². The molecule has 3 aromatic rings. The molecule has 1 aromatic heterocycles. The maximum Gasteiger partial charge on any atom is 0.290 e. The first-order valence-corrected chi connectivity index (χ1v) is 10.1. The number of benzene rings is 2. The Morgan fingerprint density at radius 2 is 1.63 bits per heavy atom. The number of amides is 2. The maximum atomic E-state index is 11.5. The van der Waals surface area contributed by atoms with Crippen molar-refractivity contribution in [1.29, 1.82) is 0 Å². The minimum absolute atomic E-state index is 0.339. The third-order valence-electron chi connectivity index (χ3n) is 4.40. The number of oxazole rings is 1. The van der Waals surface area contributed by atoms with Crippen LogP contribution in [0.1, 0.15) is 22.6 Å². The first-order chi connectivity index (χ1) is 14.6. The molecule has 0 saturated carbocycles. The highest BCUT2D eigenvalue weighted by Gasteiger charge is 2.24. The molecule has 148 valence electrons. The Labute approximate surface area is 178 Å². The fraction of sp³-hybridized carbons (Fsp3) is 0.0417. The number of aromatic nitrogens is 1. The van der Waals surface area contributed by atoms with E-state index in [1.54, 1.807) is 12.2 Å². The highest BCUT2D eigenvalue weighted by molar-refractivity contribution is 8.18. The van der Waals surface area contributed by atoms with Crippen LogP contribution in [-0.4, -0.2) is 16.1 Å². The molecule has 5 nitrogen and oxygen atoms in total. The van der Waals surface area contributed by atoms with E-state index in [2.05, 4.69) is 10.3 Å². The smallest absolute Gasteiger partial charge is 0.290 e. The van der Waals surface area contributed by atoms with Crippen LogP contribution in [0.2, 0.25) is 0 Å². The average molecular weight is 414 g/mol. The molecule has 0 bridgehead atoms. The van der Waals surface area contributed by atoms with Gasteiger partial charge in [0.15, 0.2) is 0 Å². The van der Waals surface area contributed by atoms with E-state index in [-0.39, 0.29) is 11.1 Å². The average Bonchev–Trinajstić information content (AvgIpc) is 3.29. The summed E-state index contributed by atoms with van der Waals surface area (Å²) >= 11 is 0.905. The monoisotopic (exact) mass is 414 g/mol. The largest absolute Gasteiger partial charge is 0.441 e. The van der Waals surface area contributed by atoms with Gasteiger partial charge in [-0.2, -0.15) is 0 Å². The molecule has 1 aliphatic heterocycles. The second-order valence-electron chi connectivity index (χ2n) is 6.56. The van der Waals surface area contributed by atoms with Crippen LogP contribution in [0.4, 0.5) is 4.79 Å². The predicted molar refractivity (Wildman–Crippen MR) is 120 cm³/mol. The van der Waals surface area contributed by atoms with Gasteiger partial charge >= 0.3 is 0 Å². The summed E-state index contributed by atoms with van der Waals surface area (Å²) in [4.78, 5) is 27.6. The lowest BCUT2D eigenvalue weighted by Crippen LogP contribution is -2.17. The highest BCUT2D eigenvalue weighted by Crippen LogP contribution is 2.24. The molecule has 4 rings (SSSR count). The molecule has 0 spiro atoms. The molecule has 1 N–H and O–H groups in total. The lowest BCUT2D eigenvalue weighted by atomic mass is 10.1. The maximum absolute atomic E-state index is 11.5. The number of carbonyl (C=O) groups excluding carboxylic acids is 2. The number of thioether (sulfide) groups is 1. The molecule has 1 saturated heterocycles. The summed E-state index contributed by atoms with van der Waals surface area (Å²) in [6.07, 6.45) is 9.20. The molecular weight excluding hydrogens is 396 g/mol. The van der Waals surface area contributed by atoms with E-state index in [4.69, 9.17) is 4.42 Å². The van der Waals surface area contributed by atoms with E-state index in [1.807, 2.05) is 79.7 Å². The molecule has 1 aliphatic rings. The predicted octanol–water partition coefficient (Wildman–Crippen LogP) is 5.70. The molecule has 0 radical (unpaired) electrons. The van der Waals surface area contributed by atoms with Crippen molar-refractivity contribution in [3.05, 3.63) is 94.2 Å². The number of rotatable bonds is 5. The van der Waals surface area contributed by atoms with Crippen molar-refractivity contribution in [2.75, 3.05) is 0 Å². The minimum Gasteiger partial charge on any atom is -0.441 e. The molecule has 0 atom stereocenters. The van der Waals surface area contributed by atoms with E-state index in [0.717, 1.165) is 39.9 Å². The van der Waals surface area contributed by atoms with Crippen LogP contribution >= 0.6 is 11.8 Å². The summed E-state index contributed by atoms with van der Waals surface area (Å²) in [5.41, 5.74) is 3.77. The number of carbonyl (C=O) groups is 2. The fourth-order valence-corrected chi connectivity index (χ4v) is 3.48. The molecule has 2 heterocycles. The van der Waals surface area contributed by atoms with Crippen molar-refractivity contribution in [1.82, 2.24) is 10.3 Å². The van der Waals surface area contributed by atoms with Crippen molar-refractivity contribution in [3.63, 3.8) is 0 Å². The second-order valence-corrected chi connectivity index (χ2v) is 7.57. The van der Waals surface area contributed by atoms with Gasteiger partial charge in [0.1, 0.15) is 11.5 Å². The minimum atomic E-state index is -0.353. The Bertz CT molecular complexity index is 1170. The molecule has 30 heavy (non-hydrogen) atoms. The number of allylic oxidation sites excluding steroid dienone is 2. The summed E-state index contributed by atoms with van der Waals surface area (Å²) in [7, 11) is 0. The molecule has 2 amide bonds. The van der Waals surface area contributed by atoms with Gasteiger partial charge in [-0.05, 0) is 54.1 Å². The third kappa shape index (κ3) is 4.67. The van der Waals surface area contributed by atoms with Crippen LogP contribution in [0.5, 0.6) is 0 Å². The molecule has 0 aliphatic carbocycles. The van der Waals surface area contributed by atoms with E-state index >= 15 is 0 Å². The Kier molecular flexibility index (Phi) is 5.77. The van der Waals surface area contributed by atoms with Gasteiger partial charge < -0.3 is 4.42 Å². The number of imide groups is 1. The first kappa shape index (κ1) is 19.7. The SMILES string of the molecule is Cc1oc(-c2ccccc2)nc1C=Cc1ccc(C=CC=C2SC(=O)NC2=O)cc1. The summed E-state index contributed by atoms with van der Waals surface area (Å²) in [5, 5.41) is 1.89. The van der Waals surface area contributed by atoms with Gasteiger partial charge in [-0.15, -0.1) is 0 Å². The van der Waals surface area contributed by atoms with E-state index < -0.39 is 0 Å². The Hall–Kier alpha value is -3.64. The van der Waals surface area contributed by atoms with Gasteiger partial charge in [0.2, 0.25) is 5.89 Å². The third-order valence-corrected chi connectivity index (χ3v) is 5.23. The Morgan fingerprint density at radius 1 is 0.933 bits per heavy atom. The van der Waals surface area contributed by atoms with Crippen molar-refractivity contribution in [2.45, 2.75) is 6.92 Å². The standard InChI is InChI=1S/C24H18N2O3S/c1-16-20(25-23(29-16)19-7-3-2-4-8-19)15-14-18-12-10-17(11-13-18)6-5-9-21-22(27)26-24(28)30-21/h2-15H,1H3,(H,26,27,28). The number of nitrogens with one attached hydrogen (secondary N) is 1. The van der Waals surface area contributed by atoms with Crippen molar-refractivity contribution in [2.24, 2.45) is 0 Å². The lowest BCUT2D eigenvalue weighted by Gasteiger charge is -1.96. The molecular formula is C24H18N2O3S. The summed E-state index contributed by atoms with van der Waals surface area (Å²) in [5.74, 6) is 1.02. The molecule has 0 unspecified atom stereocenters. The van der Waals surface area contributed by atoms with Crippen molar-refractivity contribution >= 4 is 41.1 Å². The van der Waals surface area contributed by atoms with Crippen LogP contribution < -0.4 is 5.32 Å². The summed E-state index contributed by atoms with van der Waals surface area (Å²) in [6, 6.07) is 17.8. The zero-order chi connectivity index (χ0) is 20.9. The topological polar surface area (TPSA) is 72.2 Å². The number of aryl methyl sites for hydroxylation is 1. The van der Waals surface area contributed by atoms with Gasteiger partial charge in [-0.25, -0.2) is 4.98 Å². The number of hydrogen-bond donors (Lipinski definition) is 1. The van der Waals surface area contributed by atoms with Crippen molar-refractivity contribution < 1.29 is 14.0 Å². The lowest BCUT2D eigenvalue weighted by molar-refractivity contribution is -0.115. The van der Waals surface area contributed by atoms with Crippen molar-refractivity contribution in [3.8, 4) is 11.5 Å². The zero-order valence-corrected chi connectivity index (χ0v) is 17.0. The van der Waals surface area contributed by atoms with E-state index in [1.165, 1.54) is 0 Å². The summed E-state index contributed by atoms with van der Waals surface area (Å²) in [6.45, 7) is 1.90. The fourth-order valence-electron chi connectivity index (χ4n) is 2.84. The quantitative estimate of drug-likeness (QED) is 0.542. The van der Waals surface area contributed by atoms with Crippen LogP contribution in [0.3, 0.4) is 0 Å².